The van der Waals surface area contributed by atoms with E-state index in [1.807, 2.05) is 19.9 Å². The molecular weight excluding hydrogens is 206 g/mol. The summed E-state index contributed by atoms with van der Waals surface area (Å²) in [5, 5.41) is 9.11. The lowest BCUT2D eigenvalue weighted by atomic mass is 10.0. The van der Waals surface area contributed by atoms with E-state index in [9.17, 15) is 9.59 Å². The van der Waals surface area contributed by atoms with E-state index in [1.54, 1.807) is 12.1 Å². The van der Waals surface area contributed by atoms with Gasteiger partial charge < -0.3 is 10.0 Å². The second-order valence-corrected chi connectivity index (χ2v) is 3.93. The molecule has 0 saturated heterocycles. The first-order chi connectivity index (χ1) is 7.45. The zero-order valence-corrected chi connectivity index (χ0v) is 9.60. The number of rotatable bonds is 4. The molecule has 16 heavy (non-hydrogen) atoms. The number of nitrogens with zero attached hydrogens (tertiary/aromatic N) is 1. The molecule has 1 amide bonds. The third kappa shape index (κ3) is 2.59. The Hall–Kier alpha value is -1.84. The second-order valence-electron chi connectivity index (χ2n) is 3.93. The molecule has 86 valence electrons. The van der Waals surface area contributed by atoms with E-state index < -0.39 is 12.0 Å². The van der Waals surface area contributed by atoms with Gasteiger partial charge in [-0.05, 0) is 19.4 Å². The van der Waals surface area contributed by atoms with Crippen LogP contribution in [0.3, 0.4) is 0 Å². The van der Waals surface area contributed by atoms with Crippen LogP contribution in [0.25, 0.3) is 0 Å². The van der Waals surface area contributed by atoms with Crippen molar-refractivity contribution >= 4 is 12.4 Å². The molecule has 1 N–H and O–H groups in total. The Morgan fingerprint density at radius 2 is 1.81 bits per heavy atom. The van der Waals surface area contributed by atoms with Gasteiger partial charge in [-0.3, -0.25) is 4.79 Å². The third-order valence-corrected chi connectivity index (χ3v) is 2.37. The van der Waals surface area contributed by atoms with Crippen molar-refractivity contribution in [2.45, 2.75) is 19.9 Å². The Labute approximate surface area is 94.5 Å². The van der Waals surface area contributed by atoms with Crippen LogP contribution >= 0.6 is 0 Å². The predicted octanol–water partition coefficient (Wildman–Crippen LogP) is 1.52. The van der Waals surface area contributed by atoms with Gasteiger partial charge in [0.25, 0.3) is 0 Å². The Bertz CT molecular complexity index is 394. The fourth-order valence-electron chi connectivity index (χ4n) is 1.78. The highest BCUT2D eigenvalue weighted by Crippen LogP contribution is 2.21. The maximum absolute atomic E-state index is 11.1. The number of carbonyl (C=O) groups excluding carboxylic acids is 1. The van der Waals surface area contributed by atoms with Crippen LogP contribution in [-0.4, -0.2) is 29.4 Å². The normalized spacial score (nSPS) is 11.9. The van der Waals surface area contributed by atoms with Gasteiger partial charge in [-0.2, -0.15) is 0 Å². The fourth-order valence-corrected chi connectivity index (χ4v) is 1.78. The van der Waals surface area contributed by atoms with E-state index in [2.05, 4.69) is 0 Å². The van der Waals surface area contributed by atoms with Gasteiger partial charge in [0.15, 0.2) is 6.04 Å². The highest BCUT2D eigenvalue weighted by molar-refractivity contribution is 5.78. The standard InChI is InChI=1S/C12H15NO3/c1-8-4-9(2)6-10(5-8)11(12(15)16)13(3)7-14/h4-7,11H,1-3H3,(H,15,16). The summed E-state index contributed by atoms with van der Waals surface area (Å²) in [4.78, 5) is 22.9. The zero-order valence-electron chi connectivity index (χ0n) is 9.60. The van der Waals surface area contributed by atoms with Crippen molar-refractivity contribution in [2.75, 3.05) is 7.05 Å². The van der Waals surface area contributed by atoms with Crippen LogP contribution in [0.1, 0.15) is 22.7 Å². The maximum Gasteiger partial charge on any atom is 0.331 e. The average molecular weight is 221 g/mol. The largest absolute Gasteiger partial charge is 0.479 e. The van der Waals surface area contributed by atoms with Crippen molar-refractivity contribution in [3.8, 4) is 0 Å². The summed E-state index contributed by atoms with van der Waals surface area (Å²) in [7, 11) is 1.46. The molecule has 0 aromatic heterocycles. The molecule has 0 aliphatic heterocycles. The number of aliphatic carboxylic acids is 1. The molecule has 4 nitrogen and oxygen atoms in total. The molecule has 1 atom stereocenters. The van der Waals surface area contributed by atoms with Crippen LogP contribution in [0.5, 0.6) is 0 Å². The molecular formula is C12H15NO3. The molecule has 4 heteroatoms. The van der Waals surface area contributed by atoms with Gasteiger partial charge in [0.1, 0.15) is 0 Å². The maximum atomic E-state index is 11.1. The van der Waals surface area contributed by atoms with Crippen molar-refractivity contribution in [2.24, 2.45) is 0 Å². The van der Waals surface area contributed by atoms with Crippen LogP contribution < -0.4 is 0 Å². The topological polar surface area (TPSA) is 57.6 Å². The van der Waals surface area contributed by atoms with E-state index in [-0.39, 0.29) is 0 Å². The minimum absolute atomic E-state index is 0.524. The quantitative estimate of drug-likeness (QED) is 0.784. The van der Waals surface area contributed by atoms with E-state index >= 15 is 0 Å². The minimum Gasteiger partial charge on any atom is -0.479 e. The van der Waals surface area contributed by atoms with Crippen LogP contribution in [0, 0.1) is 13.8 Å². The van der Waals surface area contributed by atoms with E-state index in [0.717, 1.165) is 16.0 Å². The van der Waals surface area contributed by atoms with Crippen molar-refractivity contribution < 1.29 is 14.7 Å². The molecule has 0 heterocycles. The number of hydrogen-bond donors (Lipinski definition) is 1. The summed E-state index contributed by atoms with van der Waals surface area (Å²) >= 11 is 0. The van der Waals surface area contributed by atoms with Gasteiger partial charge in [0.05, 0.1) is 0 Å². The summed E-state index contributed by atoms with van der Waals surface area (Å²) in [5.41, 5.74) is 2.60. The molecule has 1 rings (SSSR count). The summed E-state index contributed by atoms with van der Waals surface area (Å²) in [6, 6.07) is 4.61. The Morgan fingerprint density at radius 1 is 1.31 bits per heavy atom. The van der Waals surface area contributed by atoms with Gasteiger partial charge >= 0.3 is 5.97 Å². The lowest BCUT2D eigenvalue weighted by molar-refractivity contribution is -0.145. The molecule has 0 spiro atoms. The summed E-state index contributed by atoms with van der Waals surface area (Å²) in [6.45, 7) is 3.80. The number of benzene rings is 1. The summed E-state index contributed by atoms with van der Waals surface area (Å²) in [6.07, 6.45) is 0.524. The first-order valence-electron chi connectivity index (χ1n) is 4.94. The van der Waals surface area contributed by atoms with E-state index in [0.29, 0.717) is 12.0 Å². The average Bonchev–Trinajstić information content (AvgIpc) is 2.15. The molecule has 1 unspecified atom stereocenters. The summed E-state index contributed by atoms with van der Waals surface area (Å²) in [5.74, 6) is -1.03. The minimum atomic E-state index is -1.03. The highest BCUT2D eigenvalue weighted by Gasteiger charge is 2.23. The number of carbonyl (C=O) groups is 2. The van der Waals surface area contributed by atoms with E-state index in [1.165, 1.54) is 7.05 Å². The van der Waals surface area contributed by atoms with Gasteiger partial charge in [-0.1, -0.05) is 29.3 Å². The van der Waals surface area contributed by atoms with Gasteiger partial charge in [-0.15, -0.1) is 0 Å². The van der Waals surface area contributed by atoms with Crippen LogP contribution in [0.15, 0.2) is 18.2 Å². The SMILES string of the molecule is Cc1cc(C)cc(C(C(=O)O)N(C)C=O)c1. The molecule has 0 fully saturated rings. The highest BCUT2D eigenvalue weighted by atomic mass is 16.4. The smallest absolute Gasteiger partial charge is 0.331 e. The number of carboxylic acid groups (broad SMARTS) is 1. The second kappa shape index (κ2) is 4.79. The third-order valence-electron chi connectivity index (χ3n) is 2.37. The summed E-state index contributed by atoms with van der Waals surface area (Å²) < 4.78 is 0. The van der Waals surface area contributed by atoms with Crippen LogP contribution in [0.2, 0.25) is 0 Å². The number of hydrogen-bond acceptors (Lipinski definition) is 2. The van der Waals surface area contributed by atoms with Crippen molar-refractivity contribution in [1.82, 2.24) is 4.90 Å². The lowest BCUT2D eigenvalue weighted by Gasteiger charge is -2.21. The molecule has 1 aromatic rings. The predicted molar refractivity (Wildman–Crippen MR) is 60.1 cm³/mol. The molecule has 0 saturated carbocycles. The number of carboxylic acids is 1. The Balaban J connectivity index is 3.20. The first kappa shape index (κ1) is 12.2. The van der Waals surface area contributed by atoms with Gasteiger partial charge in [0, 0.05) is 7.05 Å². The van der Waals surface area contributed by atoms with E-state index in [4.69, 9.17) is 5.11 Å². The van der Waals surface area contributed by atoms with Crippen LogP contribution in [-0.2, 0) is 9.59 Å². The number of amides is 1. The molecule has 0 aliphatic rings. The number of likely N-dealkylation sites (N-methyl/N-ethyl adjacent to an activating group) is 1. The lowest BCUT2D eigenvalue weighted by Crippen LogP contribution is -2.29. The molecule has 1 aromatic carbocycles. The first-order valence-corrected chi connectivity index (χ1v) is 4.94. The Kier molecular flexibility index (Phi) is 3.66. The fraction of sp³-hybridized carbons (Fsp3) is 0.333. The van der Waals surface area contributed by atoms with Crippen LogP contribution in [0.4, 0.5) is 0 Å². The van der Waals surface area contributed by atoms with Crippen molar-refractivity contribution in [3.63, 3.8) is 0 Å². The Morgan fingerprint density at radius 3 is 2.19 bits per heavy atom. The molecule has 0 aliphatic carbocycles. The zero-order chi connectivity index (χ0) is 12.3. The van der Waals surface area contributed by atoms with Crippen molar-refractivity contribution in [1.29, 1.82) is 0 Å². The van der Waals surface area contributed by atoms with Gasteiger partial charge in [-0.25, -0.2) is 4.79 Å². The van der Waals surface area contributed by atoms with Gasteiger partial charge in [0.2, 0.25) is 6.41 Å². The monoisotopic (exact) mass is 221 g/mol. The van der Waals surface area contributed by atoms with Crippen molar-refractivity contribution in [3.05, 3.63) is 34.9 Å². The molecule has 0 radical (unpaired) electrons. The molecule has 0 bridgehead atoms. The number of aryl methyl sites for hydroxylation is 2.